The standard InChI is InChI=1S/C17H18N4O/c1-22-15-8-5-12(6-9-15)7-10-16-19-17(21-20-16)13-3-2-4-14(18)11-13/h2-6,8-9,11H,7,10,18H2,1H3,(H,19,20,21). The van der Waals surface area contributed by atoms with E-state index in [4.69, 9.17) is 10.5 Å². The van der Waals surface area contributed by atoms with Gasteiger partial charge in [0.1, 0.15) is 11.6 Å². The average Bonchev–Trinajstić information content (AvgIpc) is 3.02. The lowest BCUT2D eigenvalue weighted by atomic mass is 10.1. The number of aryl methyl sites for hydroxylation is 2. The van der Waals surface area contributed by atoms with Crippen LogP contribution >= 0.6 is 0 Å². The number of nitrogen functional groups attached to an aromatic ring is 1. The first kappa shape index (κ1) is 14.1. The van der Waals surface area contributed by atoms with Crippen molar-refractivity contribution in [1.29, 1.82) is 0 Å². The van der Waals surface area contributed by atoms with Gasteiger partial charge in [-0.2, -0.15) is 5.10 Å². The topological polar surface area (TPSA) is 76.8 Å². The van der Waals surface area contributed by atoms with Gasteiger partial charge in [0.2, 0.25) is 0 Å². The van der Waals surface area contributed by atoms with Crippen molar-refractivity contribution >= 4 is 5.69 Å². The summed E-state index contributed by atoms with van der Waals surface area (Å²) in [6, 6.07) is 15.6. The maximum atomic E-state index is 5.79. The van der Waals surface area contributed by atoms with Gasteiger partial charge in [0.05, 0.1) is 7.11 Å². The number of benzene rings is 2. The van der Waals surface area contributed by atoms with Crippen molar-refractivity contribution in [3.63, 3.8) is 0 Å². The van der Waals surface area contributed by atoms with Gasteiger partial charge in [-0.15, -0.1) is 0 Å². The maximum absolute atomic E-state index is 5.79. The molecule has 112 valence electrons. The molecule has 0 spiro atoms. The second-order valence-electron chi connectivity index (χ2n) is 5.08. The highest BCUT2D eigenvalue weighted by Gasteiger charge is 2.06. The predicted molar refractivity (Wildman–Crippen MR) is 86.6 cm³/mol. The molecule has 0 saturated heterocycles. The van der Waals surface area contributed by atoms with Crippen LogP contribution in [0.25, 0.3) is 11.4 Å². The monoisotopic (exact) mass is 294 g/mol. The quantitative estimate of drug-likeness (QED) is 0.709. The molecule has 0 saturated carbocycles. The van der Waals surface area contributed by atoms with Gasteiger partial charge >= 0.3 is 0 Å². The van der Waals surface area contributed by atoms with E-state index in [1.54, 1.807) is 7.11 Å². The van der Waals surface area contributed by atoms with Gasteiger partial charge < -0.3 is 10.5 Å². The smallest absolute Gasteiger partial charge is 0.181 e. The van der Waals surface area contributed by atoms with Crippen molar-refractivity contribution in [2.24, 2.45) is 0 Å². The van der Waals surface area contributed by atoms with Crippen LogP contribution in [-0.4, -0.2) is 22.3 Å². The number of hydrogen-bond donors (Lipinski definition) is 2. The van der Waals surface area contributed by atoms with E-state index in [1.165, 1.54) is 5.56 Å². The van der Waals surface area contributed by atoms with Gasteiger partial charge in [0, 0.05) is 17.7 Å². The number of nitrogens with one attached hydrogen (secondary N) is 1. The summed E-state index contributed by atoms with van der Waals surface area (Å²) in [7, 11) is 1.67. The zero-order chi connectivity index (χ0) is 15.4. The summed E-state index contributed by atoms with van der Waals surface area (Å²) in [5, 5.41) is 7.25. The molecular weight excluding hydrogens is 276 g/mol. The van der Waals surface area contributed by atoms with Gasteiger partial charge in [0.15, 0.2) is 5.82 Å². The van der Waals surface area contributed by atoms with Crippen LogP contribution in [-0.2, 0) is 12.8 Å². The van der Waals surface area contributed by atoms with Crippen LogP contribution in [0.5, 0.6) is 5.75 Å². The first-order chi connectivity index (χ1) is 10.7. The van der Waals surface area contributed by atoms with Gasteiger partial charge in [-0.05, 0) is 36.2 Å². The van der Waals surface area contributed by atoms with E-state index in [0.717, 1.165) is 30.0 Å². The number of aromatic amines is 1. The third-order valence-electron chi connectivity index (χ3n) is 3.49. The number of ether oxygens (including phenoxy) is 1. The minimum atomic E-state index is 0.678. The molecule has 1 heterocycles. The number of nitrogens with two attached hydrogens (primary N) is 1. The Bertz CT molecular complexity index is 749. The number of anilines is 1. The van der Waals surface area contributed by atoms with Gasteiger partial charge in [-0.25, -0.2) is 4.98 Å². The van der Waals surface area contributed by atoms with Crippen molar-refractivity contribution in [2.75, 3.05) is 12.8 Å². The molecule has 0 aliphatic carbocycles. The molecular formula is C17H18N4O. The van der Waals surface area contributed by atoms with E-state index < -0.39 is 0 Å². The van der Waals surface area contributed by atoms with Gasteiger partial charge in [-0.1, -0.05) is 24.3 Å². The molecule has 3 N–H and O–H groups in total. The van der Waals surface area contributed by atoms with Crippen LogP contribution < -0.4 is 10.5 Å². The predicted octanol–water partition coefficient (Wildman–Crippen LogP) is 2.85. The first-order valence-electron chi connectivity index (χ1n) is 7.15. The summed E-state index contributed by atoms with van der Waals surface area (Å²) in [4.78, 5) is 4.52. The average molecular weight is 294 g/mol. The second kappa shape index (κ2) is 6.30. The van der Waals surface area contributed by atoms with Crippen LogP contribution in [0.1, 0.15) is 11.4 Å². The van der Waals surface area contributed by atoms with E-state index >= 15 is 0 Å². The second-order valence-corrected chi connectivity index (χ2v) is 5.08. The van der Waals surface area contributed by atoms with Crippen molar-refractivity contribution in [1.82, 2.24) is 15.2 Å². The highest BCUT2D eigenvalue weighted by molar-refractivity contribution is 5.60. The van der Waals surface area contributed by atoms with Crippen LogP contribution in [0.4, 0.5) is 5.69 Å². The van der Waals surface area contributed by atoms with E-state index in [1.807, 2.05) is 36.4 Å². The number of H-pyrrole nitrogens is 1. The Balaban J connectivity index is 1.66. The number of methoxy groups -OCH3 is 1. The van der Waals surface area contributed by atoms with Crippen LogP contribution in [0.2, 0.25) is 0 Å². The number of aromatic nitrogens is 3. The molecule has 3 rings (SSSR count). The lowest BCUT2D eigenvalue weighted by molar-refractivity contribution is 0.414. The number of hydrogen-bond acceptors (Lipinski definition) is 4. The molecule has 0 amide bonds. The molecule has 0 bridgehead atoms. The Kier molecular flexibility index (Phi) is 4.05. The SMILES string of the molecule is COc1ccc(CCc2nc(-c3cccc(N)c3)n[nH]2)cc1. The number of rotatable bonds is 5. The minimum absolute atomic E-state index is 0.678. The van der Waals surface area contributed by atoms with Crippen LogP contribution in [0, 0.1) is 0 Å². The zero-order valence-electron chi connectivity index (χ0n) is 12.4. The summed E-state index contributed by atoms with van der Waals surface area (Å²) >= 11 is 0. The highest BCUT2D eigenvalue weighted by atomic mass is 16.5. The normalized spacial score (nSPS) is 10.6. The summed E-state index contributed by atoms with van der Waals surface area (Å²) < 4.78 is 5.16. The first-order valence-corrected chi connectivity index (χ1v) is 7.15. The Morgan fingerprint density at radius 2 is 1.91 bits per heavy atom. The Labute approximate surface area is 129 Å². The molecule has 5 nitrogen and oxygen atoms in total. The molecule has 5 heteroatoms. The molecule has 22 heavy (non-hydrogen) atoms. The fourth-order valence-corrected chi connectivity index (χ4v) is 2.27. The molecule has 0 fully saturated rings. The summed E-state index contributed by atoms with van der Waals surface area (Å²) in [6.45, 7) is 0. The van der Waals surface area contributed by atoms with Crippen molar-refractivity contribution in [3.05, 3.63) is 59.9 Å². The van der Waals surface area contributed by atoms with Crippen molar-refractivity contribution < 1.29 is 4.74 Å². The minimum Gasteiger partial charge on any atom is -0.497 e. The Morgan fingerprint density at radius 3 is 2.64 bits per heavy atom. The summed E-state index contributed by atoms with van der Waals surface area (Å²) in [5.74, 6) is 2.41. The fraction of sp³-hybridized carbons (Fsp3) is 0.176. The third-order valence-corrected chi connectivity index (χ3v) is 3.49. The number of nitrogens with zero attached hydrogens (tertiary/aromatic N) is 2. The molecule has 0 unspecified atom stereocenters. The lowest BCUT2D eigenvalue weighted by Gasteiger charge is -2.02. The van der Waals surface area contributed by atoms with Gasteiger partial charge in [0.25, 0.3) is 0 Å². The molecule has 2 aromatic carbocycles. The maximum Gasteiger partial charge on any atom is 0.181 e. The van der Waals surface area contributed by atoms with Crippen LogP contribution in [0.15, 0.2) is 48.5 Å². The fourth-order valence-electron chi connectivity index (χ4n) is 2.27. The zero-order valence-corrected chi connectivity index (χ0v) is 12.4. The molecule has 0 atom stereocenters. The van der Waals surface area contributed by atoms with E-state index in [-0.39, 0.29) is 0 Å². The van der Waals surface area contributed by atoms with E-state index in [0.29, 0.717) is 11.5 Å². The van der Waals surface area contributed by atoms with E-state index in [2.05, 4.69) is 27.3 Å². The largest absolute Gasteiger partial charge is 0.497 e. The van der Waals surface area contributed by atoms with Crippen molar-refractivity contribution in [3.8, 4) is 17.1 Å². The lowest BCUT2D eigenvalue weighted by Crippen LogP contribution is -1.94. The molecule has 1 aromatic heterocycles. The summed E-state index contributed by atoms with van der Waals surface area (Å²) in [5.41, 5.74) is 8.66. The molecule has 0 aliphatic rings. The molecule has 0 aliphatic heterocycles. The van der Waals surface area contributed by atoms with Crippen LogP contribution in [0.3, 0.4) is 0 Å². The summed E-state index contributed by atoms with van der Waals surface area (Å²) in [6.07, 6.45) is 1.71. The Morgan fingerprint density at radius 1 is 1.09 bits per heavy atom. The van der Waals surface area contributed by atoms with E-state index in [9.17, 15) is 0 Å². The molecule has 3 aromatic rings. The molecule has 0 radical (unpaired) electrons. The third kappa shape index (κ3) is 3.25. The van der Waals surface area contributed by atoms with Crippen molar-refractivity contribution in [2.45, 2.75) is 12.8 Å². The van der Waals surface area contributed by atoms with Gasteiger partial charge in [-0.3, -0.25) is 5.10 Å². The highest BCUT2D eigenvalue weighted by Crippen LogP contribution is 2.18. The Hall–Kier alpha value is -2.82.